The number of fused-ring (bicyclic) bond motifs is 1. The van der Waals surface area contributed by atoms with Gasteiger partial charge in [-0.3, -0.25) is 9.59 Å². The zero-order valence-electron chi connectivity index (χ0n) is 17.4. The Morgan fingerprint density at radius 2 is 1.75 bits per heavy atom. The summed E-state index contributed by atoms with van der Waals surface area (Å²) in [6.45, 7) is 2.19. The van der Waals surface area contributed by atoms with Crippen molar-refractivity contribution < 1.29 is 32.6 Å². The third kappa shape index (κ3) is 4.34. The van der Waals surface area contributed by atoms with E-state index < -0.39 is 15.9 Å². The van der Waals surface area contributed by atoms with Crippen LogP contribution in [0.15, 0.2) is 41.3 Å². The highest BCUT2D eigenvalue weighted by atomic mass is 32.2. The molecular formula is C21H23N3O7S. The van der Waals surface area contributed by atoms with E-state index in [0.29, 0.717) is 22.6 Å². The molecule has 0 aromatic heterocycles. The van der Waals surface area contributed by atoms with Crippen LogP contribution in [0.4, 0.5) is 0 Å². The lowest BCUT2D eigenvalue weighted by molar-refractivity contribution is -0.131. The molecular weight excluding hydrogens is 438 g/mol. The van der Waals surface area contributed by atoms with Gasteiger partial charge in [0, 0.05) is 31.7 Å². The second kappa shape index (κ2) is 8.67. The predicted molar refractivity (Wildman–Crippen MR) is 113 cm³/mol. The second-order valence-corrected chi connectivity index (χ2v) is 9.41. The van der Waals surface area contributed by atoms with Crippen molar-refractivity contribution in [2.24, 2.45) is 0 Å². The number of phenols is 1. The average Bonchev–Trinajstić information content (AvgIpc) is 3.26. The molecule has 1 fully saturated rings. The Balaban J connectivity index is 1.31. The quantitative estimate of drug-likeness (QED) is 0.671. The van der Waals surface area contributed by atoms with Gasteiger partial charge in [0.25, 0.3) is 5.91 Å². The van der Waals surface area contributed by atoms with Crippen molar-refractivity contribution in [3.63, 3.8) is 0 Å². The lowest BCUT2D eigenvalue weighted by Gasteiger charge is -2.34. The maximum absolute atomic E-state index is 12.9. The highest BCUT2D eigenvalue weighted by Gasteiger charge is 2.32. The number of nitrogens with one attached hydrogen (secondary N) is 1. The standard InChI is InChI=1S/C21H23N3O7S/c1-14-2-4-16(25)19(10-14)32(28,29)24-8-6-23(7-9-24)20(26)12-22-21(27)15-3-5-17-18(11-15)31-13-30-17/h2-5,10-11,25H,6-9,12-13H2,1H3,(H,22,27). The summed E-state index contributed by atoms with van der Waals surface area (Å²) in [7, 11) is -3.88. The monoisotopic (exact) mass is 461 g/mol. The summed E-state index contributed by atoms with van der Waals surface area (Å²) in [6, 6.07) is 9.16. The molecule has 4 rings (SSSR count). The second-order valence-electron chi connectivity index (χ2n) is 7.51. The third-order valence-electron chi connectivity index (χ3n) is 5.36. The van der Waals surface area contributed by atoms with Crippen LogP contribution in [0.3, 0.4) is 0 Å². The van der Waals surface area contributed by atoms with Gasteiger partial charge in [0.15, 0.2) is 11.5 Å². The first kappa shape index (κ1) is 21.9. The summed E-state index contributed by atoms with van der Waals surface area (Å²) in [5, 5.41) is 12.6. The van der Waals surface area contributed by atoms with E-state index in [0.717, 1.165) is 0 Å². The minimum atomic E-state index is -3.88. The molecule has 2 aromatic rings. The number of piperazine rings is 1. The molecule has 10 nitrogen and oxygen atoms in total. The molecule has 0 saturated carbocycles. The molecule has 1 saturated heterocycles. The normalized spacial score (nSPS) is 16.1. The minimum Gasteiger partial charge on any atom is -0.507 e. The Hall–Kier alpha value is -3.31. The van der Waals surface area contributed by atoms with Crippen LogP contribution in [-0.4, -0.2) is 74.1 Å². The molecule has 0 unspecified atom stereocenters. The van der Waals surface area contributed by atoms with Crippen LogP contribution in [-0.2, 0) is 14.8 Å². The van der Waals surface area contributed by atoms with Crippen molar-refractivity contribution in [3.8, 4) is 17.2 Å². The maximum atomic E-state index is 12.9. The first-order valence-electron chi connectivity index (χ1n) is 10.0. The molecule has 0 spiro atoms. The number of carbonyl (C=O) groups is 2. The van der Waals surface area contributed by atoms with E-state index in [2.05, 4.69) is 5.32 Å². The van der Waals surface area contributed by atoms with Gasteiger partial charge in [0.1, 0.15) is 10.6 Å². The fourth-order valence-electron chi connectivity index (χ4n) is 3.55. The van der Waals surface area contributed by atoms with E-state index in [-0.39, 0.29) is 56.1 Å². The number of ether oxygens (including phenoxy) is 2. The molecule has 32 heavy (non-hydrogen) atoms. The van der Waals surface area contributed by atoms with Gasteiger partial charge >= 0.3 is 0 Å². The van der Waals surface area contributed by atoms with Crippen LogP contribution >= 0.6 is 0 Å². The van der Waals surface area contributed by atoms with E-state index in [1.165, 1.54) is 21.3 Å². The predicted octanol–water partition coefficient (Wildman–Crippen LogP) is 0.692. The van der Waals surface area contributed by atoms with E-state index in [1.807, 2.05) is 0 Å². The molecule has 0 atom stereocenters. The summed E-state index contributed by atoms with van der Waals surface area (Å²) in [6.07, 6.45) is 0. The molecule has 2 aliphatic rings. The van der Waals surface area contributed by atoms with Crippen molar-refractivity contribution in [2.75, 3.05) is 39.5 Å². The van der Waals surface area contributed by atoms with Gasteiger partial charge < -0.3 is 24.8 Å². The first-order valence-corrected chi connectivity index (χ1v) is 11.4. The van der Waals surface area contributed by atoms with Gasteiger partial charge in [-0.25, -0.2) is 8.42 Å². The number of aryl methyl sites for hydroxylation is 1. The minimum absolute atomic E-state index is 0.0948. The van der Waals surface area contributed by atoms with E-state index >= 15 is 0 Å². The van der Waals surface area contributed by atoms with Crippen LogP contribution < -0.4 is 14.8 Å². The molecule has 2 amide bonds. The van der Waals surface area contributed by atoms with Crippen LogP contribution in [0.1, 0.15) is 15.9 Å². The molecule has 11 heteroatoms. The summed E-state index contributed by atoms with van der Waals surface area (Å²) in [4.78, 5) is 26.2. The fraction of sp³-hybridized carbons (Fsp3) is 0.333. The van der Waals surface area contributed by atoms with Gasteiger partial charge in [-0.05, 0) is 42.8 Å². The number of carbonyl (C=O) groups excluding carboxylic acids is 2. The van der Waals surface area contributed by atoms with Crippen LogP contribution in [0.25, 0.3) is 0 Å². The van der Waals surface area contributed by atoms with Gasteiger partial charge in [-0.2, -0.15) is 4.31 Å². The fourth-order valence-corrected chi connectivity index (χ4v) is 5.14. The number of nitrogens with zero attached hydrogens (tertiary/aromatic N) is 2. The first-order chi connectivity index (χ1) is 15.3. The van der Waals surface area contributed by atoms with E-state index in [9.17, 15) is 23.1 Å². The van der Waals surface area contributed by atoms with Crippen molar-refractivity contribution >= 4 is 21.8 Å². The zero-order chi connectivity index (χ0) is 22.9. The lowest BCUT2D eigenvalue weighted by Crippen LogP contribution is -2.52. The van der Waals surface area contributed by atoms with Gasteiger partial charge in [-0.1, -0.05) is 6.07 Å². The van der Waals surface area contributed by atoms with E-state index in [4.69, 9.17) is 9.47 Å². The summed E-state index contributed by atoms with van der Waals surface area (Å²) < 4.78 is 37.5. The Morgan fingerprint density at radius 1 is 1.03 bits per heavy atom. The molecule has 0 aliphatic carbocycles. The smallest absolute Gasteiger partial charge is 0.251 e. The molecule has 170 valence electrons. The maximum Gasteiger partial charge on any atom is 0.251 e. The summed E-state index contributed by atoms with van der Waals surface area (Å²) >= 11 is 0. The van der Waals surface area contributed by atoms with Crippen molar-refractivity contribution in [1.82, 2.24) is 14.5 Å². The Labute approximate surface area is 185 Å². The number of hydrogen-bond donors (Lipinski definition) is 2. The zero-order valence-corrected chi connectivity index (χ0v) is 18.2. The number of rotatable bonds is 5. The average molecular weight is 461 g/mol. The molecule has 2 N–H and O–H groups in total. The number of amides is 2. The highest BCUT2D eigenvalue weighted by Crippen LogP contribution is 2.32. The lowest BCUT2D eigenvalue weighted by atomic mass is 10.2. The summed E-state index contributed by atoms with van der Waals surface area (Å²) in [5.74, 6) is -0.00643. The largest absolute Gasteiger partial charge is 0.507 e. The molecule has 2 aromatic carbocycles. The molecule has 0 radical (unpaired) electrons. The number of benzene rings is 2. The van der Waals surface area contributed by atoms with Crippen LogP contribution in [0, 0.1) is 6.92 Å². The SMILES string of the molecule is Cc1ccc(O)c(S(=O)(=O)N2CCN(C(=O)CNC(=O)c3ccc4c(c3)OCO4)CC2)c1. The molecule has 0 bridgehead atoms. The Kier molecular flexibility index (Phi) is 5.94. The highest BCUT2D eigenvalue weighted by molar-refractivity contribution is 7.89. The van der Waals surface area contributed by atoms with E-state index in [1.54, 1.807) is 31.2 Å². The molecule has 2 heterocycles. The Bertz CT molecular complexity index is 1160. The van der Waals surface area contributed by atoms with Crippen LogP contribution in [0.2, 0.25) is 0 Å². The topological polar surface area (TPSA) is 125 Å². The Morgan fingerprint density at radius 3 is 2.50 bits per heavy atom. The number of phenolic OH excluding ortho intramolecular Hbond substituents is 1. The third-order valence-corrected chi connectivity index (χ3v) is 7.29. The summed E-state index contributed by atoms with van der Waals surface area (Å²) in [5.41, 5.74) is 1.06. The van der Waals surface area contributed by atoms with Crippen molar-refractivity contribution in [3.05, 3.63) is 47.5 Å². The number of sulfonamides is 1. The molecule has 2 aliphatic heterocycles. The van der Waals surface area contributed by atoms with Gasteiger partial charge in [0.2, 0.25) is 22.7 Å². The van der Waals surface area contributed by atoms with Crippen molar-refractivity contribution in [2.45, 2.75) is 11.8 Å². The number of aromatic hydroxyl groups is 1. The van der Waals surface area contributed by atoms with Crippen LogP contribution in [0.5, 0.6) is 17.2 Å². The van der Waals surface area contributed by atoms with Gasteiger partial charge in [0.05, 0.1) is 6.54 Å². The number of hydrogen-bond acceptors (Lipinski definition) is 7. The van der Waals surface area contributed by atoms with Gasteiger partial charge in [-0.15, -0.1) is 0 Å². The van der Waals surface area contributed by atoms with Crippen molar-refractivity contribution in [1.29, 1.82) is 0 Å².